The van der Waals surface area contributed by atoms with Crippen molar-refractivity contribution in [1.82, 2.24) is 25.5 Å². The van der Waals surface area contributed by atoms with E-state index in [2.05, 4.69) is 20.9 Å². The van der Waals surface area contributed by atoms with Gasteiger partial charge in [0.25, 0.3) is 0 Å². The Balaban J connectivity index is 1.13. The molecular formula is C27H28N6O5. The molecule has 3 aliphatic rings. The number of ketones is 1. The summed E-state index contributed by atoms with van der Waals surface area (Å²) in [5.41, 5.74) is 6.32. The van der Waals surface area contributed by atoms with Crippen molar-refractivity contribution in [2.24, 2.45) is 0 Å². The lowest BCUT2D eigenvalue weighted by Crippen LogP contribution is -2.49. The van der Waals surface area contributed by atoms with Crippen molar-refractivity contribution in [2.45, 2.75) is 18.8 Å². The van der Waals surface area contributed by atoms with Gasteiger partial charge in [-0.25, -0.2) is 14.6 Å². The monoisotopic (exact) mass is 516 g/mol. The fourth-order valence-electron chi connectivity index (χ4n) is 5.27. The minimum Gasteiger partial charge on any atom is -0.410 e. The molecule has 2 aromatic carbocycles. The molecule has 3 amide bonds. The van der Waals surface area contributed by atoms with Gasteiger partial charge in [0.05, 0.1) is 35.7 Å². The third kappa shape index (κ3) is 4.61. The molecule has 1 aliphatic carbocycles. The molecule has 2 saturated heterocycles. The van der Waals surface area contributed by atoms with Crippen LogP contribution in [0.3, 0.4) is 0 Å². The zero-order valence-electron chi connectivity index (χ0n) is 20.7. The quantitative estimate of drug-likeness (QED) is 0.379. The molecule has 6 rings (SSSR count). The van der Waals surface area contributed by atoms with Crippen LogP contribution in [0.15, 0.2) is 48.5 Å². The van der Waals surface area contributed by atoms with E-state index in [1.54, 1.807) is 34.2 Å². The SMILES string of the molecule is O=C(Nc1cccc2c1C(=O)c1c-2n[nH]c1C1CCN(C(=O)Oc2ccccc2)CC1)NN1CCOCC1. The Labute approximate surface area is 219 Å². The van der Waals surface area contributed by atoms with Crippen molar-refractivity contribution in [3.05, 3.63) is 65.4 Å². The number of benzene rings is 2. The summed E-state index contributed by atoms with van der Waals surface area (Å²) < 4.78 is 10.8. The zero-order chi connectivity index (χ0) is 26.1. The van der Waals surface area contributed by atoms with E-state index in [-0.39, 0.29) is 17.8 Å². The number of aromatic nitrogens is 2. The number of carbonyl (C=O) groups is 3. The molecule has 3 aromatic rings. The van der Waals surface area contributed by atoms with Gasteiger partial charge < -0.3 is 19.7 Å². The smallest absolute Gasteiger partial charge is 0.410 e. The van der Waals surface area contributed by atoms with Crippen LogP contribution in [0.25, 0.3) is 11.3 Å². The number of morpholine rings is 1. The van der Waals surface area contributed by atoms with E-state index >= 15 is 0 Å². The summed E-state index contributed by atoms with van der Waals surface area (Å²) >= 11 is 0. The highest BCUT2D eigenvalue weighted by atomic mass is 16.6. The molecule has 0 bridgehead atoms. The van der Waals surface area contributed by atoms with Crippen LogP contribution in [-0.4, -0.2) is 77.4 Å². The van der Waals surface area contributed by atoms with Gasteiger partial charge in [-0.3, -0.25) is 15.3 Å². The van der Waals surface area contributed by atoms with Crippen molar-refractivity contribution in [1.29, 1.82) is 0 Å². The molecule has 0 unspecified atom stereocenters. The Morgan fingerprint density at radius 2 is 1.74 bits per heavy atom. The van der Waals surface area contributed by atoms with E-state index in [0.717, 1.165) is 5.69 Å². The number of hydrogen-bond donors (Lipinski definition) is 3. The van der Waals surface area contributed by atoms with Crippen molar-refractivity contribution >= 4 is 23.6 Å². The van der Waals surface area contributed by atoms with Crippen LogP contribution in [0.1, 0.15) is 40.4 Å². The van der Waals surface area contributed by atoms with Crippen molar-refractivity contribution in [3.8, 4) is 17.0 Å². The van der Waals surface area contributed by atoms with Crippen LogP contribution in [0.4, 0.5) is 15.3 Å². The molecule has 11 nitrogen and oxygen atoms in total. The van der Waals surface area contributed by atoms with E-state index in [9.17, 15) is 14.4 Å². The summed E-state index contributed by atoms with van der Waals surface area (Å²) in [7, 11) is 0. The standard InChI is InChI=1S/C27H28N6O5/c34-25-21-19(7-4-8-20(21)28-26(35)31-33-13-15-37-16-14-33)24-22(25)23(29-30-24)17-9-11-32(12-10-17)27(36)38-18-5-2-1-3-6-18/h1-8,17H,9-16H2,(H,29,30)(H2,28,31,35). The minimum atomic E-state index is -0.408. The number of hydrazine groups is 1. The molecule has 38 heavy (non-hydrogen) atoms. The summed E-state index contributed by atoms with van der Waals surface area (Å²) in [6, 6.07) is 14.0. The third-order valence-corrected chi connectivity index (χ3v) is 7.20. The van der Waals surface area contributed by atoms with E-state index in [1.165, 1.54) is 0 Å². The molecule has 0 radical (unpaired) electrons. The number of amides is 3. The molecule has 3 heterocycles. The maximum atomic E-state index is 13.6. The predicted molar refractivity (Wildman–Crippen MR) is 138 cm³/mol. The van der Waals surface area contributed by atoms with Crippen LogP contribution in [0.2, 0.25) is 0 Å². The first-order chi connectivity index (χ1) is 18.6. The van der Waals surface area contributed by atoms with Gasteiger partial charge in [0.1, 0.15) is 11.4 Å². The fourth-order valence-corrected chi connectivity index (χ4v) is 5.27. The van der Waals surface area contributed by atoms with Gasteiger partial charge in [0, 0.05) is 37.7 Å². The van der Waals surface area contributed by atoms with Gasteiger partial charge in [-0.15, -0.1) is 0 Å². The summed E-state index contributed by atoms with van der Waals surface area (Å²) in [6.07, 6.45) is 0.976. The van der Waals surface area contributed by atoms with Crippen LogP contribution < -0.4 is 15.5 Å². The number of anilines is 1. The highest BCUT2D eigenvalue weighted by molar-refractivity contribution is 6.25. The molecule has 2 fully saturated rings. The highest BCUT2D eigenvalue weighted by Gasteiger charge is 2.38. The number of piperidine rings is 1. The number of rotatable bonds is 4. The number of urea groups is 1. The maximum Gasteiger partial charge on any atom is 0.415 e. The average molecular weight is 517 g/mol. The summed E-state index contributed by atoms with van der Waals surface area (Å²) in [6.45, 7) is 3.33. The summed E-state index contributed by atoms with van der Waals surface area (Å²) in [5, 5.41) is 12.2. The van der Waals surface area contributed by atoms with E-state index in [4.69, 9.17) is 9.47 Å². The third-order valence-electron chi connectivity index (χ3n) is 7.20. The van der Waals surface area contributed by atoms with Crippen LogP contribution in [-0.2, 0) is 4.74 Å². The Kier molecular flexibility index (Phi) is 6.52. The highest BCUT2D eigenvalue weighted by Crippen LogP contribution is 2.43. The van der Waals surface area contributed by atoms with Crippen molar-refractivity contribution in [2.75, 3.05) is 44.7 Å². The van der Waals surface area contributed by atoms with Crippen LogP contribution in [0.5, 0.6) is 5.75 Å². The van der Waals surface area contributed by atoms with Gasteiger partial charge in [0.2, 0.25) is 0 Å². The lowest BCUT2D eigenvalue weighted by molar-refractivity contribution is 0.0207. The molecule has 2 aliphatic heterocycles. The van der Waals surface area contributed by atoms with E-state index in [1.807, 2.05) is 24.3 Å². The molecule has 1 aromatic heterocycles. The number of hydrogen-bond acceptors (Lipinski definition) is 7. The number of carbonyl (C=O) groups excluding carboxylic acids is 3. The number of ether oxygens (including phenoxy) is 2. The van der Waals surface area contributed by atoms with Gasteiger partial charge in [0.15, 0.2) is 5.78 Å². The van der Waals surface area contributed by atoms with Gasteiger partial charge in [-0.05, 0) is 31.0 Å². The number of aromatic amines is 1. The number of likely N-dealkylation sites (tertiary alicyclic amines) is 1. The molecule has 0 spiro atoms. The van der Waals surface area contributed by atoms with E-state index in [0.29, 0.717) is 86.1 Å². The Morgan fingerprint density at radius 3 is 2.50 bits per heavy atom. The van der Waals surface area contributed by atoms with Gasteiger partial charge >= 0.3 is 12.1 Å². The Morgan fingerprint density at radius 1 is 0.974 bits per heavy atom. The Bertz CT molecular complexity index is 1360. The van der Waals surface area contributed by atoms with E-state index < -0.39 is 6.03 Å². The largest absolute Gasteiger partial charge is 0.415 e. The maximum absolute atomic E-state index is 13.6. The molecule has 11 heteroatoms. The number of H-pyrrole nitrogens is 1. The molecular weight excluding hydrogens is 488 g/mol. The van der Waals surface area contributed by atoms with Crippen molar-refractivity contribution in [3.63, 3.8) is 0 Å². The number of nitrogens with zero attached hydrogens (tertiary/aromatic N) is 3. The lowest BCUT2D eigenvalue weighted by Gasteiger charge is -2.31. The summed E-state index contributed by atoms with van der Waals surface area (Å²) in [5.74, 6) is 0.399. The molecule has 196 valence electrons. The van der Waals surface area contributed by atoms with Gasteiger partial charge in [-0.2, -0.15) is 5.10 Å². The number of para-hydroxylation sites is 1. The topological polar surface area (TPSA) is 129 Å². The van der Waals surface area contributed by atoms with Crippen molar-refractivity contribution < 1.29 is 23.9 Å². The molecule has 3 N–H and O–H groups in total. The summed E-state index contributed by atoms with van der Waals surface area (Å²) in [4.78, 5) is 40.5. The number of fused-ring (bicyclic) bond motifs is 3. The lowest BCUT2D eigenvalue weighted by atomic mass is 9.90. The minimum absolute atomic E-state index is 0.0475. The first-order valence-electron chi connectivity index (χ1n) is 12.8. The Hall–Kier alpha value is -4.22. The first kappa shape index (κ1) is 24.1. The normalized spacial score (nSPS) is 17.6. The van der Waals surface area contributed by atoms with Gasteiger partial charge in [-0.1, -0.05) is 30.3 Å². The first-order valence-corrected chi connectivity index (χ1v) is 12.8. The number of nitrogens with one attached hydrogen (secondary N) is 3. The molecule has 0 atom stereocenters. The average Bonchev–Trinajstić information content (AvgIpc) is 3.50. The second kappa shape index (κ2) is 10.3. The predicted octanol–water partition coefficient (Wildman–Crippen LogP) is 3.37. The zero-order valence-corrected chi connectivity index (χ0v) is 20.7. The molecule has 0 saturated carbocycles. The second-order valence-corrected chi connectivity index (χ2v) is 9.53. The second-order valence-electron chi connectivity index (χ2n) is 9.53. The van der Waals surface area contributed by atoms with Crippen LogP contribution in [0, 0.1) is 0 Å². The van der Waals surface area contributed by atoms with Crippen LogP contribution >= 0.6 is 0 Å². The fraction of sp³-hybridized carbons (Fsp3) is 0.333.